The van der Waals surface area contributed by atoms with Crippen LogP contribution in [-0.2, 0) is 11.2 Å². The van der Waals surface area contributed by atoms with Crippen LogP contribution in [0.1, 0.15) is 11.1 Å². The molecule has 1 aromatic heterocycles. The van der Waals surface area contributed by atoms with E-state index in [2.05, 4.69) is 10.3 Å². The summed E-state index contributed by atoms with van der Waals surface area (Å²) in [5.74, 6) is -0.123. The monoisotopic (exact) mass is 326 g/mol. The molecule has 1 heterocycles. The van der Waals surface area contributed by atoms with Crippen molar-refractivity contribution < 1.29 is 4.79 Å². The van der Waals surface area contributed by atoms with Crippen molar-refractivity contribution in [2.45, 2.75) is 13.3 Å². The van der Waals surface area contributed by atoms with Gasteiger partial charge in [0.15, 0.2) is 0 Å². The highest BCUT2D eigenvalue weighted by Crippen LogP contribution is 2.19. The van der Waals surface area contributed by atoms with E-state index in [1.54, 1.807) is 24.3 Å². The van der Waals surface area contributed by atoms with Crippen molar-refractivity contribution in [3.05, 3.63) is 75.0 Å². The number of benzene rings is 2. The number of anilines is 1. The van der Waals surface area contributed by atoms with Crippen LogP contribution in [0, 0.1) is 6.92 Å². The van der Waals surface area contributed by atoms with Gasteiger partial charge in [-0.25, -0.2) is 0 Å². The summed E-state index contributed by atoms with van der Waals surface area (Å²) in [6.45, 7) is 1.89. The number of hydrogen-bond donors (Lipinski definition) is 2. The van der Waals surface area contributed by atoms with Gasteiger partial charge in [0.25, 0.3) is 0 Å². The van der Waals surface area contributed by atoms with Crippen LogP contribution in [0.3, 0.4) is 0 Å². The van der Waals surface area contributed by atoms with Crippen molar-refractivity contribution in [3.8, 4) is 0 Å². The fraction of sp³-hybridized carbons (Fsp3) is 0.111. The lowest BCUT2D eigenvalue weighted by Gasteiger charge is -2.08. The number of aromatic nitrogens is 1. The molecule has 0 saturated heterocycles. The number of rotatable bonds is 3. The summed E-state index contributed by atoms with van der Waals surface area (Å²) >= 11 is 5.83. The fourth-order valence-electron chi connectivity index (χ4n) is 2.51. The topological polar surface area (TPSA) is 62.0 Å². The highest BCUT2D eigenvalue weighted by Gasteiger charge is 2.06. The molecular weight excluding hydrogens is 312 g/mol. The Kier molecular flexibility index (Phi) is 4.17. The van der Waals surface area contributed by atoms with Crippen LogP contribution in [0.5, 0.6) is 0 Å². The predicted molar refractivity (Wildman–Crippen MR) is 93.1 cm³/mol. The molecule has 3 rings (SSSR count). The Bertz CT molecular complexity index is 930. The van der Waals surface area contributed by atoms with Crippen LogP contribution in [0.15, 0.2) is 53.3 Å². The first kappa shape index (κ1) is 15.3. The van der Waals surface area contributed by atoms with Gasteiger partial charge < -0.3 is 10.3 Å². The van der Waals surface area contributed by atoms with Gasteiger partial charge >= 0.3 is 0 Å². The molecule has 0 saturated carbocycles. The Hall–Kier alpha value is -2.59. The Morgan fingerprint density at radius 3 is 2.61 bits per heavy atom. The summed E-state index contributed by atoms with van der Waals surface area (Å²) in [6.07, 6.45) is 0.263. The minimum Gasteiger partial charge on any atom is -0.326 e. The van der Waals surface area contributed by atoms with E-state index in [-0.39, 0.29) is 17.9 Å². The summed E-state index contributed by atoms with van der Waals surface area (Å²) < 4.78 is 0. The van der Waals surface area contributed by atoms with Gasteiger partial charge in [-0.15, -0.1) is 0 Å². The molecule has 0 aliphatic carbocycles. The molecule has 0 spiro atoms. The first-order valence-electron chi connectivity index (χ1n) is 7.19. The van der Waals surface area contributed by atoms with Crippen molar-refractivity contribution >= 4 is 34.1 Å². The van der Waals surface area contributed by atoms with Crippen LogP contribution >= 0.6 is 11.6 Å². The zero-order valence-corrected chi connectivity index (χ0v) is 13.3. The molecule has 0 unspecified atom stereocenters. The quantitative estimate of drug-likeness (QED) is 0.771. The van der Waals surface area contributed by atoms with Crippen LogP contribution < -0.4 is 10.9 Å². The number of H-pyrrole nitrogens is 1. The van der Waals surface area contributed by atoms with Crippen molar-refractivity contribution in [1.82, 2.24) is 4.98 Å². The van der Waals surface area contributed by atoms with Gasteiger partial charge in [-0.1, -0.05) is 29.8 Å². The fourth-order valence-corrected chi connectivity index (χ4v) is 2.63. The van der Waals surface area contributed by atoms with E-state index in [9.17, 15) is 9.59 Å². The Labute approximate surface area is 138 Å². The van der Waals surface area contributed by atoms with E-state index >= 15 is 0 Å². The van der Waals surface area contributed by atoms with Gasteiger partial charge in [-0.2, -0.15) is 0 Å². The second-order valence-corrected chi connectivity index (χ2v) is 5.86. The lowest BCUT2D eigenvalue weighted by atomic mass is 10.1. The third-order valence-electron chi connectivity index (χ3n) is 3.61. The normalized spacial score (nSPS) is 10.7. The van der Waals surface area contributed by atoms with E-state index in [1.807, 2.05) is 31.2 Å². The summed E-state index contributed by atoms with van der Waals surface area (Å²) in [5, 5.41) is 4.44. The SMILES string of the molecule is Cc1cc(=O)[nH]c2cc(NC(=O)Cc3ccc(Cl)cc3)ccc12. The largest absolute Gasteiger partial charge is 0.326 e. The molecule has 5 heteroatoms. The number of aromatic amines is 1. The summed E-state index contributed by atoms with van der Waals surface area (Å²) in [7, 11) is 0. The van der Waals surface area contributed by atoms with E-state index < -0.39 is 0 Å². The highest BCUT2D eigenvalue weighted by molar-refractivity contribution is 6.30. The average molecular weight is 327 g/mol. The third kappa shape index (κ3) is 3.60. The highest BCUT2D eigenvalue weighted by atomic mass is 35.5. The Balaban J connectivity index is 1.79. The molecule has 3 aromatic rings. The molecule has 23 heavy (non-hydrogen) atoms. The smallest absolute Gasteiger partial charge is 0.248 e. The number of carbonyl (C=O) groups is 1. The van der Waals surface area contributed by atoms with Crippen LogP contribution in [0.25, 0.3) is 10.9 Å². The van der Waals surface area contributed by atoms with E-state index in [1.165, 1.54) is 0 Å². The van der Waals surface area contributed by atoms with Crippen LogP contribution in [-0.4, -0.2) is 10.9 Å². The molecule has 116 valence electrons. The van der Waals surface area contributed by atoms with E-state index in [0.717, 1.165) is 16.5 Å². The molecular formula is C18H15ClN2O2. The van der Waals surface area contributed by atoms with Crippen molar-refractivity contribution in [2.75, 3.05) is 5.32 Å². The lowest BCUT2D eigenvalue weighted by molar-refractivity contribution is -0.115. The third-order valence-corrected chi connectivity index (χ3v) is 3.86. The number of hydrogen-bond acceptors (Lipinski definition) is 2. The molecule has 4 nitrogen and oxygen atoms in total. The second kappa shape index (κ2) is 6.26. The van der Waals surface area contributed by atoms with Crippen molar-refractivity contribution in [3.63, 3.8) is 0 Å². The zero-order valence-electron chi connectivity index (χ0n) is 12.5. The zero-order chi connectivity index (χ0) is 16.4. The lowest BCUT2D eigenvalue weighted by Crippen LogP contribution is -2.14. The molecule has 0 atom stereocenters. The number of pyridine rings is 1. The van der Waals surface area contributed by atoms with Crippen molar-refractivity contribution in [2.24, 2.45) is 0 Å². The first-order valence-corrected chi connectivity index (χ1v) is 7.57. The molecule has 2 N–H and O–H groups in total. The van der Waals surface area contributed by atoms with E-state index in [0.29, 0.717) is 16.2 Å². The van der Waals surface area contributed by atoms with E-state index in [4.69, 9.17) is 11.6 Å². The number of halogens is 1. The maximum Gasteiger partial charge on any atom is 0.248 e. The van der Waals surface area contributed by atoms with Gasteiger partial charge in [0, 0.05) is 22.2 Å². The molecule has 2 aromatic carbocycles. The summed E-state index contributed by atoms with van der Waals surface area (Å²) in [4.78, 5) is 26.5. The van der Waals surface area contributed by atoms with Gasteiger partial charge in [0.1, 0.15) is 0 Å². The molecule has 0 aliphatic heterocycles. The van der Waals surface area contributed by atoms with Crippen molar-refractivity contribution in [1.29, 1.82) is 0 Å². The maximum absolute atomic E-state index is 12.1. The van der Waals surface area contributed by atoms with Gasteiger partial charge in [-0.05, 0) is 42.3 Å². The average Bonchev–Trinajstić information content (AvgIpc) is 2.49. The number of carbonyl (C=O) groups excluding carboxylic acids is 1. The number of amides is 1. The first-order chi connectivity index (χ1) is 11.0. The van der Waals surface area contributed by atoms with Gasteiger partial charge in [-0.3, -0.25) is 9.59 Å². The number of aryl methyl sites for hydroxylation is 1. The molecule has 0 aliphatic rings. The minimum absolute atomic E-state index is 0.123. The van der Waals surface area contributed by atoms with Crippen LogP contribution in [0.4, 0.5) is 5.69 Å². The number of nitrogens with one attached hydrogen (secondary N) is 2. The standard InChI is InChI=1S/C18H15ClN2O2/c1-11-8-17(22)21-16-10-14(6-7-15(11)16)20-18(23)9-12-2-4-13(19)5-3-12/h2-8,10H,9H2,1H3,(H,20,23)(H,21,22). The van der Waals surface area contributed by atoms with Crippen LogP contribution in [0.2, 0.25) is 5.02 Å². The number of fused-ring (bicyclic) bond motifs is 1. The molecule has 0 bridgehead atoms. The van der Waals surface area contributed by atoms with Gasteiger partial charge in [0.2, 0.25) is 11.5 Å². The van der Waals surface area contributed by atoms with Gasteiger partial charge in [0.05, 0.1) is 11.9 Å². The predicted octanol–water partition coefficient (Wildman–Crippen LogP) is 3.67. The maximum atomic E-state index is 12.1. The summed E-state index contributed by atoms with van der Waals surface area (Å²) in [5.41, 5.74) is 3.00. The molecule has 0 radical (unpaired) electrons. The molecule has 1 amide bonds. The molecule has 0 fully saturated rings. The summed E-state index contributed by atoms with van der Waals surface area (Å²) in [6, 6.07) is 14.2. The minimum atomic E-state index is -0.153. The Morgan fingerprint density at radius 2 is 1.87 bits per heavy atom. The second-order valence-electron chi connectivity index (χ2n) is 5.43. The Morgan fingerprint density at radius 1 is 1.13 bits per heavy atom.